The van der Waals surface area contributed by atoms with E-state index in [1.807, 2.05) is 30.3 Å². The van der Waals surface area contributed by atoms with Gasteiger partial charge >= 0.3 is 5.97 Å². The molecule has 2 aromatic rings. The number of hydrogen-bond acceptors (Lipinski definition) is 4. The Hall–Kier alpha value is -2.34. The average molecular weight is 390 g/mol. The molecule has 1 aromatic heterocycles. The van der Waals surface area contributed by atoms with Crippen LogP contribution >= 0.6 is 11.6 Å². The van der Waals surface area contributed by atoms with Crippen LogP contribution in [0, 0.1) is 6.92 Å². The minimum Gasteiger partial charge on any atom is -0.449 e. The largest absolute Gasteiger partial charge is 0.449 e. The molecule has 1 fully saturated rings. The van der Waals surface area contributed by atoms with Crippen LogP contribution < -0.4 is 0 Å². The first-order valence-corrected chi connectivity index (χ1v) is 9.61. The van der Waals surface area contributed by atoms with E-state index in [2.05, 4.69) is 5.10 Å². The van der Waals surface area contributed by atoms with Crippen LogP contribution in [0.4, 0.5) is 0 Å². The SMILES string of the molecule is Cc1nn(Cc2ccccc2)c(Cl)c1C(=O)O[C@H](C)C(=O)N1CCCCC1. The number of piperidine rings is 1. The van der Waals surface area contributed by atoms with Gasteiger partial charge in [0.1, 0.15) is 10.7 Å². The third-order valence-corrected chi connectivity index (χ3v) is 5.13. The van der Waals surface area contributed by atoms with E-state index in [4.69, 9.17) is 16.3 Å². The lowest BCUT2D eigenvalue weighted by Gasteiger charge is -2.28. The maximum atomic E-state index is 12.6. The second kappa shape index (κ2) is 8.57. The van der Waals surface area contributed by atoms with Crippen LogP contribution in [0.3, 0.4) is 0 Å². The summed E-state index contributed by atoms with van der Waals surface area (Å²) in [6.45, 7) is 5.20. The van der Waals surface area contributed by atoms with Gasteiger partial charge in [0, 0.05) is 13.1 Å². The molecule has 1 amide bonds. The molecule has 0 bridgehead atoms. The van der Waals surface area contributed by atoms with Crippen molar-refractivity contribution in [1.82, 2.24) is 14.7 Å². The fourth-order valence-corrected chi connectivity index (χ4v) is 3.60. The Morgan fingerprint density at radius 1 is 1.19 bits per heavy atom. The number of nitrogens with zero attached hydrogens (tertiary/aromatic N) is 3. The highest BCUT2D eigenvalue weighted by atomic mass is 35.5. The zero-order valence-corrected chi connectivity index (χ0v) is 16.4. The number of esters is 1. The molecule has 1 atom stereocenters. The van der Waals surface area contributed by atoms with Crippen LogP contribution in [0.15, 0.2) is 30.3 Å². The molecule has 3 rings (SSSR count). The van der Waals surface area contributed by atoms with Crippen LogP contribution in [0.2, 0.25) is 5.15 Å². The molecular formula is C20H24ClN3O3. The van der Waals surface area contributed by atoms with Crippen molar-refractivity contribution in [3.63, 3.8) is 0 Å². The number of carbonyl (C=O) groups is 2. The lowest BCUT2D eigenvalue weighted by Crippen LogP contribution is -2.42. The molecule has 1 aliphatic heterocycles. The Kier molecular flexibility index (Phi) is 6.16. The summed E-state index contributed by atoms with van der Waals surface area (Å²) in [5.74, 6) is -0.775. The molecule has 0 aliphatic carbocycles. The van der Waals surface area contributed by atoms with Crippen molar-refractivity contribution in [3.05, 3.63) is 52.3 Å². The number of amides is 1. The van der Waals surface area contributed by atoms with Gasteiger partial charge in [-0.15, -0.1) is 0 Å². The second-order valence-corrected chi connectivity index (χ2v) is 7.19. The van der Waals surface area contributed by atoms with E-state index in [0.717, 1.165) is 37.9 Å². The van der Waals surface area contributed by atoms with E-state index in [9.17, 15) is 9.59 Å². The Morgan fingerprint density at radius 3 is 2.52 bits per heavy atom. The summed E-state index contributed by atoms with van der Waals surface area (Å²) in [6, 6.07) is 9.73. The van der Waals surface area contributed by atoms with Crippen LogP contribution in [0.1, 0.15) is 47.8 Å². The van der Waals surface area contributed by atoms with E-state index in [1.165, 1.54) is 0 Å². The molecule has 1 aliphatic rings. The summed E-state index contributed by atoms with van der Waals surface area (Å²) < 4.78 is 6.98. The number of benzene rings is 1. The molecule has 6 nitrogen and oxygen atoms in total. The standard InChI is InChI=1S/C20H24ClN3O3/c1-14-17(18(21)24(22-14)13-16-9-5-3-6-10-16)20(26)27-15(2)19(25)23-11-7-4-8-12-23/h3,5-6,9-10,15H,4,7-8,11-13H2,1-2H3/t15-/m1/s1. The number of rotatable bonds is 5. The van der Waals surface area contributed by atoms with Crippen LogP contribution in [-0.2, 0) is 16.1 Å². The van der Waals surface area contributed by atoms with Crippen molar-refractivity contribution in [2.24, 2.45) is 0 Å². The van der Waals surface area contributed by atoms with Crippen LogP contribution in [0.25, 0.3) is 0 Å². The Balaban J connectivity index is 1.70. The highest BCUT2D eigenvalue weighted by Gasteiger charge is 2.28. The number of aromatic nitrogens is 2. The number of hydrogen-bond donors (Lipinski definition) is 0. The number of halogens is 1. The molecule has 1 aromatic carbocycles. The molecule has 0 saturated carbocycles. The van der Waals surface area contributed by atoms with Crippen molar-refractivity contribution in [1.29, 1.82) is 0 Å². The summed E-state index contributed by atoms with van der Waals surface area (Å²) in [4.78, 5) is 26.9. The Bertz CT molecular complexity index is 813. The number of ether oxygens (including phenoxy) is 1. The molecule has 0 N–H and O–H groups in total. The summed E-state index contributed by atoms with van der Waals surface area (Å²) in [5, 5.41) is 4.58. The predicted octanol–water partition coefficient (Wildman–Crippen LogP) is 3.45. The minimum absolute atomic E-state index is 0.159. The normalized spacial score (nSPS) is 15.4. The van der Waals surface area contributed by atoms with Gasteiger partial charge in [0.15, 0.2) is 6.10 Å². The quantitative estimate of drug-likeness (QED) is 0.734. The van der Waals surface area contributed by atoms with E-state index in [1.54, 1.807) is 23.4 Å². The molecule has 0 spiro atoms. The van der Waals surface area contributed by atoms with Gasteiger partial charge in [0.05, 0.1) is 12.2 Å². The number of likely N-dealkylation sites (tertiary alicyclic amines) is 1. The first-order valence-electron chi connectivity index (χ1n) is 9.24. The van der Waals surface area contributed by atoms with Crippen LogP contribution in [-0.4, -0.2) is 45.8 Å². The van der Waals surface area contributed by atoms with Crippen LogP contribution in [0.5, 0.6) is 0 Å². The third-order valence-electron chi connectivity index (χ3n) is 4.74. The van der Waals surface area contributed by atoms with Gasteiger partial charge in [-0.1, -0.05) is 41.9 Å². The van der Waals surface area contributed by atoms with Gasteiger partial charge < -0.3 is 9.64 Å². The average Bonchev–Trinajstić information content (AvgIpc) is 2.95. The van der Waals surface area contributed by atoms with Gasteiger partial charge in [-0.25, -0.2) is 9.48 Å². The monoisotopic (exact) mass is 389 g/mol. The molecule has 144 valence electrons. The molecule has 2 heterocycles. The van der Waals surface area contributed by atoms with Crippen molar-refractivity contribution in [3.8, 4) is 0 Å². The first kappa shape index (κ1) is 19.4. The maximum Gasteiger partial charge on any atom is 0.343 e. The molecular weight excluding hydrogens is 366 g/mol. The lowest BCUT2D eigenvalue weighted by atomic mass is 10.1. The van der Waals surface area contributed by atoms with Crippen molar-refractivity contribution in [2.45, 2.75) is 45.8 Å². The fraction of sp³-hybridized carbons (Fsp3) is 0.450. The zero-order valence-electron chi connectivity index (χ0n) is 15.7. The van der Waals surface area contributed by atoms with Gasteiger partial charge in [-0.05, 0) is 38.7 Å². The molecule has 1 saturated heterocycles. The zero-order chi connectivity index (χ0) is 19.4. The summed E-state index contributed by atoms with van der Waals surface area (Å²) in [5.41, 5.74) is 1.72. The Labute approximate surface area is 164 Å². The second-order valence-electron chi connectivity index (χ2n) is 6.83. The smallest absolute Gasteiger partial charge is 0.343 e. The van der Waals surface area contributed by atoms with Crippen molar-refractivity contribution < 1.29 is 14.3 Å². The predicted molar refractivity (Wildman–Crippen MR) is 103 cm³/mol. The molecule has 0 unspecified atom stereocenters. The van der Waals surface area contributed by atoms with E-state index in [-0.39, 0.29) is 16.6 Å². The van der Waals surface area contributed by atoms with Gasteiger partial charge in [-0.2, -0.15) is 5.10 Å². The van der Waals surface area contributed by atoms with Gasteiger partial charge in [0.2, 0.25) is 0 Å². The third kappa shape index (κ3) is 4.50. The summed E-state index contributed by atoms with van der Waals surface area (Å²) in [6.07, 6.45) is 2.27. The highest BCUT2D eigenvalue weighted by molar-refractivity contribution is 6.32. The van der Waals surface area contributed by atoms with E-state index in [0.29, 0.717) is 12.2 Å². The lowest BCUT2D eigenvalue weighted by molar-refractivity contribution is -0.140. The number of carbonyl (C=O) groups excluding carboxylic acids is 2. The number of aryl methyl sites for hydroxylation is 1. The van der Waals surface area contributed by atoms with Crippen molar-refractivity contribution >= 4 is 23.5 Å². The van der Waals surface area contributed by atoms with Crippen molar-refractivity contribution in [2.75, 3.05) is 13.1 Å². The Morgan fingerprint density at radius 2 is 1.85 bits per heavy atom. The molecule has 0 radical (unpaired) electrons. The minimum atomic E-state index is -0.844. The van der Waals surface area contributed by atoms with Gasteiger partial charge in [0.25, 0.3) is 5.91 Å². The van der Waals surface area contributed by atoms with E-state index >= 15 is 0 Å². The first-order chi connectivity index (χ1) is 13.0. The summed E-state index contributed by atoms with van der Waals surface area (Å²) >= 11 is 6.39. The topological polar surface area (TPSA) is 64.4 Å². The summed E-state index contributed by atoms with van der Waals surface area (Å²) in [7, 11) is 0. The highest BCUT2D eigenvalue weighted by Crippen LogP contribution is 2.23. The van der Waals surface area contributed by atoms with E-state index < -0.39 is 12.1 Å². The molecule has 27 heavy (non-hydrogen) atoms. The molecule has 7 heteroatoms. The fourth-order valence-electron chi connectivity index (χ4n) is 3.29. The maximum absolute atomic E-state index is 12.6. The van der Waals surface area contributed by atoms with Gasteiger partial charge in [-0.3, -0.25) is 4.79 Å².